The van der Waals surface area contributed by atoms with Gasteiger partial charge in [0.1, 0.15) is 0 Å². The largest absolute Gasteiger partial charge is 0.378 e. The predicted molar refractivity (Wildman–Crippen MR) is 68.6 cm³/mol. The number of rotatable bonds is 5. The monoisotopic (exact) mass is 235 g/mol. The Hall–Kier alpha value is -1.38. The van der Waals surface area contributed by atoms with Crippen LogP contribution in [0.3, 0.4) is 0 Å². The van der Waals surface area contributed by atoms with E-state index in [1.807, 2.05) is 13.1 Å². The molecule has 17 heavy (non-hydrogen) atoms. The van der Waals surface area contributed by atoms with Crippen LogP contribution in [0.2, 0.25) is 0 Å². The molecule has 1 aliphatic heterocycles. The quantitative estimate of drug-likeness (QED) is 0.417. The average Bonchev–Trinajstić information content (AvgIpc) is 2.74. The van der Waals surface area contributed by atoms with Crippen molar-refractivity contribution in [2.75, 3.05) is 13.6 Å². The van der Waals surface area contributed by atoms with Gasteiger partial charge in [-0.05, 0) is 25.0 Å². The standard InChI is InChI=1S/C14H21NO2/c1-4-13(16)12(14(17)5-2)9-8-11-7-6-10-15(11)3/h8-9H,4-7,10H2,1-3H3/b11-8+. The molecule has 1 fully saturated rings. The molecule has 0 spiro atoms. The summed E-state index contributed by atoms with van der Waals surface area (Å²) in [5.41, 5.74) is 1.55. The number of ketones is 2. The van der Waals surface area contributed by atoms with Crippen molar-refractivity contribution in [1.29, 1.82) is 0 Å². The van der Waals surface area contributed by atoms with Gasteiger partial charge in [0.05, 0.1) is 5.57 Å². The van der Waals surface area contributed by atoms with Crippen LogP contribution in [0.15, 0.2) is 23.4 Å². The Labute approximate surface area is 103 Å². The third-order valence-electron chi connectivity index (χ3n) is 3.10. The zero-order chi connectivity index (χ0) is 12.8. The molecule has 0 amide bonds. The highest BCUT2D eigenvalue weighted by Gasteiger charge is 2.15. The van der Waals surface area contributed by atoms with Crippen LogP contribution in [0.25, 0.3) is 0 Å². The topological polar surface area (TPSA) is 37.4 Å². The number of Topliss-reactive ketones (excluding diaryl/α,β-unsaturated/α-hetero) is 2. The number of hydrogen-bond acceptors (Lipinski definition) is 3. The number of hydrogen-bond donors (Lipinski definition) is 0. The summed E-state index contributed by atoms with van der Waals surface area (Å²) in [5, 5.41) is 0. The van der Waals surface area contributed by atoms with Crippen molar-refractivity contribution in [3.63, 3.8) is 0 Å². The van der Waals surface area contributed by atoms with Crippen LogP contribution in [0.4, 0.5) is 0 Å². The van der Waals surface area contributed by atoms with Crippen LogP contribution < -0.4 is 0 Å². The second-order valence-corrected chi connectivity index (χ2v) is 4.32. The van der Waals surface area contributed by atoms with Gasteiger partial charge in [0, 0.05) is 32.1 Å². The highest BCUT2D eigenvalue weighted by molar-refractivity contribution is 6.20. The molecule has 0 aromatic rings. The third-order valence-corrected chi connectivity index (χ3v) is 3.10. The number of nitrogens with zero attached hydrogens (tertiary/aromatic N) is 1. The lowest BCUT2D eigenvalue weighted by Gasteiger charge is -2.11. The van der Waals surface area contributed by atoms with Crippen LogP contribution in [0.1, 0.15) is 39.5 Å². The maximum Gasteiger partial charge on any atom is 0.166 e. The predicted octanol–water partition coefficient (Wildman–Crippen LogP) is 2.48. The fraction of sp³-hybridized carbons (Fsp3) is 0.571. The smallest absolute Gasteiger partial charge is 0.166 e. The molecule has 0 aromatic heterocycles. The first kappa shape index (κ1) is 13.7. The van der Waals surface area contributed by atoms with Gasteiger partial charge in [-0.15, -0.1) is 0 Å². The second-order valence-electron chi connectivity index (χ2n) is 4.32. The zero-order valence-electron chi connectivity index (χ0n) is 11.0. The third kappa shape index (κ3) is 3.55. The molecule has 94 valence electrons. The molecule has 1 saturated heterocycles. The van der Waals surface area contributed by atoms with Gasteiger partial charge in [-0.3, -0.25) is 9.59 Å². The highest BCUT2D eigenvalue weighted by atomic mass is 16.1. The Morgan fingerprint density at radius 3 is 2.24 bits per heavy atom. The van der Waals surface area contributed by atoms with E-state index in [-0.39, 0.29) is 11.6 Å². The molecule has 0 unspecified atom stereocenters. The minimum absolute atomic E-state index is 0.0608. The molecule has 0 aliphatic carbocycles. The summed E-state index contributed by atoms with van der Waals surface area (Å²) in [7, 11) is 2.04. The van der Waals surface area contributed by atoms with E-state index in [4.69, 9.17) is 0 Å². The molecule has 3 nitrogen and oxygen atoms in total. The van der Waals surface area contributed by atoms with Gasteiger partial charge in [-0.1, -0.05) is 13.8 Å². The van der Waals surface area contributed by atoms with Gasteiger partial charge in [-0.25, -0.2) is 0 Å². The van der Waals surface area contributed by atoms with E-state index >= 15 is 0 Å². The number of carbonyl (C=O) groups is 2. The maximum atomic E-state index is 11.7. The molecular weight excluding hydrogens is 214 g/mol. The van der Waals surface area contributed by atoms with Crippen LogP contribution >= 0.6 is 0 Å². The van der Waals surface area contributed by atoms with Crippen molar-refractivity contribution in [1.82, 2.24) is 4.90 Å². The summed E-state index contributed by atoms with van der Waals surface area (Å²) in [5.74, 6) is -0.122. The van der Waals surface area contributed by atoms with E-state index in [0.29, 0.717) is 18.4 Å². The number of carbonyl (C=O) groups excluding carboxylic acids is 2. The van der Waals surface area contributed by atoms with E-state index in [1.165, 1.54) is 5.70 Å². The van der Waals surface area contributed by atoms with Gasteiger partial charge in [0.25, 0.3) is 0 Å². The normalized spacial score (nSPS) is 17.4. The molecule has 1 rings (SSSR count). The van der Waals surface area contributed by atoms with Crippen LogP contribution in [-0.4, -0.2) is 30.1 Å². The summed E-state index contributed by atoms with van der Waals surface area (Å²) < 4.78 is 0. The van der Waals surface area contributed by atoms with Gasteiger partial charge in [0.2, 0.25) is 0 Å². The summed E-state index contributed by atoms with van der Waals surface area (Å²) in [6, 6.07) is 0. The zero-order valence-corrected chi connectivity index (χ0v) is 11.0. The van der Waals surface area contributed by atoms with Crippen LogP contribution in [0, 0.1) is 0 Å². The van der Waals surface area contributed by atoms with Gasteiger partial charge in [0.15, 0.2) is 11.6 Å². The molecule has 1 heterocycles. The van der Waals surface area contributed by atoms with Crippen LogP contribution in [0.5, 0.6) is 0 Å². The van der Waals surface area contributed by atoms with Gasteiger partial charge < -0.3 is 4.90 Å². The Bertz CT molecular complexity index is 348. The SMILES string of the molecule is CCC(=O)C(=C/C=C1\CCCN1C)C(=O)CC. The van der Waals surface area contributed by atoms with Crippen molar-refractivity contribution in [3.8, 4) is 0 Å². The highest BCUT2D eigenvalue weighted by Crippen LogP contribution is 2.19. The lowest BCUT2D eigenvalue weighted by Crippen LogP contribution is -2.12. The first-order valence-corrected chi connectivity index (χ1v) is 6.28. The summed E-state index contributed by atoms with van der Waals surface area (Å²) in [6.45, 7) is 4.63. The van der Waals surface area contributed by atoms with E-state index in [1.54, 1.807) is 19.9 Å². The summed E-state index contributed by atoms with van der Waals surface area (Å²) in [4.78, 5) is 25.5. The molecular formula is C14H21NO2. The van der Waals surface area contributed by atoms with Crippen molar-refractivity contribution < 1.29 is 9.59 Å². The molecule has 0 aromatic carbocycles. The summed E-state index contributed by atoms with van der Waals surface area (Å²) in [6.07, 6.45) is 6.57. The lowest BCUT2D eigenvalue weighted by molar-refractivity contribution is -0.121. The van der Waals surface area contributed by atoms with Gasteiger partial charge in [-0.2, -0.15) is 0 Å². The molecule has 0 saturated carbocycles. The minimum Gasteiger partial charge on any atom is -0.378 e. The number of allylic oxidation sites excluding steroid dienone is 4. The number of likely N-dealkylation sites (tertiary alicyclic amines) is 1. The average molecular weight is 235 g/mol. The van der Waals surface area contributed by atoms with Crippen molar-refractivity contribution in [2.45, 2.75) is 39.5 Å². The Kier molecular flexibility index (Phi) is 5.13. The Balaban J connectivity index is 2.90. The Morgan fingerprint density at radius 1 is 1.24 bits per heavy atom. The van der Waals surface area contributed by atoms with Crippen molar-refractivity contribution in [2.24, 2.45) is 0 Å². The fourth-order valence-corrected chi connectivity index (χ4v) is 1.94. The van der Waals surface area contributed by atoms with E-state index in [9.17, 15) is 9.59 Å². The van der Waals surface area contributed by atoms with E-state index in [0.717, 1.165) is 19.4 Å². The molecule has 0 atom stereocenters. The molecule has 3 heteroatoms. The van der Waals surface area contributed by atoms with Crippen molar-refractivity contribution in [3.05, 3.63) is 23.4 Å². The second kappa shape index (κ2) is 6.38. The lowest BCUT2D eigenvalue weighted by atomic mass is 10.0. The van der Waals surface area contributed by atoms with Gasteiger partial charge >= 0.3 is 0 Å². The molecule has 0 bridgehead atoms. The Morgan fingerprint density at radius 2 is 1.82 bits per heavy atom. The summed E-state index contributed by atoms with van der Waals surface area (Å²) >= 11 is 0. The minimum atomic E-state index is -0.0608. The first-order chi connectivity index (χ1) is 8.10. The first-order valence-electron chi connectivity index (χ1n) is 6.28. The molecule has 0 radical (unpaired) electrons. The molecule has 1 aliphatic rings. The van der Waals surface area contributed by atoms with E-state index in [2.05, 4.69) is 4.90 Å². The maximum absolute atomic E-state index is 11.7. The van der Waals surface area contributed by atoms with E-state index < -0.39 is 0 Å². The van der Waals surface area contributed by atoms with Crippen LogP contribution in [-0.2, 0) is 9.59 Å². The van der Waals surface area contributed by atoms with Crippen molar-refractivity contribution >= 4 is 11.6 Å². The fourth-order valence-electron chi connectivity index (χ4n) is 1.94. The molecule has 0 N–H and O–H groups in total.